The number of rotatable bonds is 7. The van der Waals surface area contributed by atoms with E-state index in [-0.39, 0.29) is 11.3 Å². The molecular weight excluding hydrogens is 412 g/mol. The lowest BCUT2D eigenvalue weighted by Gasteiger charge is -2.38. The third kappa shape index (κ3) is 4.74. The van der Waals surface area contributed by atoms with Crippen LogP contribution in [-0.4, -0.2) is 39.0 Å². The summed E-state index contributed by atoms with van der Waals surface area (Å²) in [6.45, 7) is 1.53. The van der Waals surface area contributed by atoms with Crippen molar-refractivity contribution in [3.8, 4) is 5.75 Å². The Kier molecular flexibility index (Phi) is 6.50. The summed E-state index contributed by atoms with van der Waals surface area (Å²) in [5.74, 6) is -0.550. The van der Waals surface area contributed by atoms with Crippen LogP contribution >= 0.6 is 0 Å². The van der Waals surface area contributed by atoms with E-state index in [0.29, 0.717) is 4.57 Å². The molecule has 0 spiro atoms. The highest BCUT2D eigenvalue weighted by atomic mass is 19.4. The molecule has 0 radical (unpaired) electrons. The SMILES string of the molecule is COc1ccc(F)cc1C(C)(C)CC(O)(Cn1cccc(N(O)O)c1=O)C(F)(F)F. The van der Waals surface area contributed by atoms with Gasteiger partial charge in [-0.3, -0.25) is 15.2 Å². The van der Waals surface area contributed by atoms with Gasteiger partial charge in [0.15, 0.2) is 11.3 Å². The summed E-state index contributed by atoms with van der Waals surface area (Å²) < 4.78 is 61.1. The standard InChI is InChI=1S/C19H22F4N2O5/c1-17(2,13-9-12(20)6-7-15(13)30-3)10-18(27,19(21,22)23)11-24-8-4-5-14(16(24)26)25(28)29/h4-9,27-29H,10-11H2,1-3H3. The van der Waals surface area contributed by atoms with E-state index in [1.54, 1.807) is 0 Å². The zero-order chi connectivity index (χ0) is 22.9. The smallest absolute Gasteiger partial charge is 0.418 e. The Morgan fingerprint density at radius 3 is 2.33 bits per heavy atom. The van der Waals surface area contributed by atoms with Crippen molar-refractivity contribution in [1.82, 2.24) is 4.57 Å². The molecule has 0 saturated carbocycles. The zero-order valence-electron chi connectivity index (χ0n) is 16.4. The van der Waals surface area contributed by atoms with Crippen LogP contribution in [-0.2, 0) is 12.0 Å². The molecule has 166 valence electrons. The van der Waals surface area contributed by atoms with Crippen molar-refractivity contribution >= 4 is 5.69 Å². The van der Waals surface area contributed by atoms with E-state index in [4.69, 9.17) is 15.2 Å². The summed E-state index contributed by atoms with van der Waals surface area (Å²) >= 11 is 0. The lowest BCUT2D eigenvalue weighted by Crippen LogP contribution is -2.53. The van der Waals surface area contributed by atoms with Gasteiger partial charge in [0.25, 0.3) is 5.56 Å². The number of benzene rings is 1. The number of pyridine rings is 1. The Morgan fingerprint density at radius 2 is 1.80 bits per heavy atom. The number of hydrogen-bond donors (Lipinski definition) is 3. The second-order valence-electron chi connectivity index (χ2n) is 7.55. The molecule has 0 saturated heterocycles. The first kappa shape index (κ1) is 23.6. The maximum atomic E-state index is 13.9. The Bertz CT molecular complexity index is 959. The summed E-state index contributed by atoms with van der Waals surface area (Å²) in [5.41, 5.74) is -6.60. The Labute approximate surface area is 169 Å². The number of halogens is 4. The summed E-state index contributed by atoms with van der Waals surface area (Å²) in [4.78, 5) is 12.2. The van der Waals surface area contributed by atoms with Crippen LogP contribution in [0.4, 0.5) is 23.2 Å². The molecule has 0 aliphatic heterocycles. The second kappa shape index (κ2) is 8.25. The van der Waals surface area contributed by atoms with Crippen molar-refractivity contribution in [1.29, 1.82) is 0 Å². The summed E-state index contributed by atoms with van der Waals surface area (Å²) in [6.07, 6.45) is -5.14. The molecule has 0 aliphatic carbocycles. The summed E-state index contributed by atoms with van der Waals surface area (Å²) in [5, 5.41) is 28.2. The molecule has 3 N–H and O–H groups in total. The van der Waals surface area contributed by atoms with Gasteiger partial charge in [0.1, 0.15) is 11.6 Å². The molecule has 2 aromatic rings. The van der Waals surface area contributed by atoms with Crippen molar-refractivity contribution in [3.05, 3.63) is 58.3 Å². The molecule has 0 aliphatic rings. The normalized spacial score (nSPS) is 14.3. The van der Waals surface area contributed by atoms with Gasteiger partial charge in [-0.1, -0.05) is 13.8 Å². The number of ether oxygens (including phenoxy) is 1. The quantitative estimate of drug-likeness (QED) is 0.458. The number of methoxy groups -OCH3 is 1. The van der Waals surface area contributed by atoms with Gasteiger partial charge in [0.2, 0.25) is 0 Å². The Morgan fingerprint density at radius 1 is 1.17 bits per heavy atom. The summed E-state index contributed by atoms with van der Waals surface area (Å²) in [7, 11) is 1.28. The minimum absolute atomic E-state index is 0.102. The zero-order valence-corrected chi connectivity index (χ0v) is 16.4. The van der Waals surface area contributed by atoms with Gasteiger partial charge in [-0.25, -0.2) is 4.39 Å². The number of nitrogens with zero attached hydrogens (tertiary/aromatic N) is 2. The van der Waals surface area contributed by atoms with Crippen LogP contribution in [0.3, 0.4) is 0 Å². The molecule has 1 aromatic heterocycles. The second-order valence-corrected chi connectivity index (χ2v) is 7.55. The van der Waals surface area contributed by atoms with Gasteiger partial charge in [-0.2, -0.15) is 13.2 Å². The molecule has 0 fully saturated rings. The largest absolute Gasteiger partial charge is 0.496 e. The van der Waals surface area contributed by atoms with E-state index in [1.807, 2.05) is 0 Å². The lowest BCUT2D eigenvalue weighted by atomic mass is 9.74. The lowest BCUT2D eigenvalue weighted by molar-refractivity contribution is -0.271. The van der Waals surface area contributed by atoms with Gasteiger partial charge in [0, 0.05) is 11.8 Å². The highest BCUT2D eigenvalue weighted by Gasteiger charge is 2.56. The molecule has 1 unspecified atom stereocenters. The van der Waals surface area contributed by atoms with Crippen molar-refractivity contribution in [2.45, 2.75) is 44.0 Å². The molecule has 11 heteroatoms. The fourth-order valence-corrected chi connectivity index (χ4v) is 3.36. The first-order valence-corrected chi connectivity index (χ1v) is 8.72. The van der Waals surface area contributed by atoms with Crippen molar-refractivity contribution in [2.24, 2.45) is 0 Å². The molecule has 2 rings (SSSR count). The third-order valence-corrected chi connectivity index (χ3v) is 4.80. The number of anilines is 1. The van der Waals surface area contributed by atoms with Crippen LogP contribution in [0.1, 0.15) is 25.8 Å². The summed E-state index contributed by atoms with van der Waals surface area (Å²) in [6, 6.07) is 5.48. The molecule has 7 nitrogen and oxygen atoms in total. The predicted molar refractivity (Wildman–Crippen MR) is 98.4 cm³/mol. The van der Waals surface area contributed by atoms with E-state index in [9.17, 15) is 27.5 Å². The van der Waals surface area contributed by atoms with Crippen LogP contribution in [0.15, 0.2) is 41.3 Å². The van der Waals surface area contributed by atoms with E-state index in [1.165, 1.54) is 27.0 Å². The van der Waals surface area contributed by atoms with Crippen molar-refractivity contribution < 1.29 is 37.8 Å². The van der Waals surface area contributed by atoms with E-state index < -0.39 is 52.4 Å². The highest BCUT2D eigenvalue weighted by Crippen LogP contribution is 2.44. The van der Waals surface area contributed by atoms with Crippen LogP contribution in [0, 0.1) is 5.82 Å². The number of aliphatic hydroxyl groups is 1. The molecule has 0 amide bonds. The molecule has 1 atom stereocenters. The van der Waals surface area contributed by atoms with Crippen LogP contribution in [0.25, 0.3) is 0 Å². The maximum Gasteiger partial charge on any atom is 0.418 e. The maximum absolute atomic E-state index is 13.9. The van der Waals surface area contributed by atoms with Crippen molar-refractivity contribution in [2.75, 3.05) is 12.3 Å². The Balaban J connectivity index is 2.52. The van der Waals surface area contributed by atoms with Gasteiger partial charge >= 0.3 is 6.18 Å². The van der Waals surface area contributed by atoms with Crippen LogP contribution in [0.5, 0.6) is 5.75 Å². The molecule has 1 heterocycles. The van der Waals surface area contributed by atoms with E-state index in [0.717, 1.165) is 30.5 Å². The van der Waals surface area contributed by atoms with E-state index in [2.05, 4.69) is 0 Å². The van der Waals surface area contributed by atoms with Crippen LogP contribution < -0.4 is 15.5 Å². The minimum Gasteiger partial charge on any atom is -0.496 e. The average Bonchev–Trinajstić information content (AvgIpc) is 2.61. The molecule has 30 heavy (non-hydrogen) atoms. The number of aromatic nitrogens is 1. The third-order valence-electron chi connectivity index (χ3n) is 4.80. The number of alkyl halides is 3. The molecular formula is C19H22F4N2O5. The monoisotopic (exact) mass is 434 g/mol. The first-order valence-electron chi connectivity index (χ1n) is 8.72. The fourth-order valence-electron chi connectivity index (χ4n) is 3.36. The first-order chi connectivity index (χ1) is 13.7. The minimum atomic E-state index is -5.17. The van der Waals surface area contributed by atoms with Gasteiger partial charge in [-0.05, 0) is 42.2 Å². The van der Waals surface area contributed by atoms with Gasteiger partial charge in [-0.15, -0.1) is 5.23 Å². The van der Waals surface area contributed by atoms with Gasteiger partial charge < -0.3 is 14.4 Å². The fraction of sp³-hybridized carbons (Fsp3) is 0.421. The predicted octanol–water partition coefficient (Wildman–Crippen LogP) is 3.24. The van der Waals surface area contributed by atoms with Crippen molar-refractivity contribution in [3.63, 3.8) is 0 Å². The van der Waals surface area contributed by atoms with Crippen LogP contribution in [0.2, 0.25) is 0 Å². The average molecular weight is 434 g/mol. The Hall–Kier alpha value is -2.63. The molecule has 0 bridgehead atoms. The topological polar surface area (TPSA) is 95.2 Å². The highest BCUT2D eigenvalue weighted by molar-refractivity contribution is 5.40. The number of hydrogen-bond acceptors (Lipinski definition) is 6. The van der Waals surface area contributed by atoms with Gasteiger partial charge in [0.05, 0.1) is 13.7 Å². The van der Waals surface area contributed by atoms with E-state index >= 15 is 0 Å². The molecule has 1 aromatic carbocycles.